The third-order valence-corrected chi connectivity index (χ3v) is 4.62. The second kappa shape index (κ2) is 6.41. The molecule has 0 unspecified atom stereocenters. The van der Waals surface area contributed by atoms with Crippen molar-refractivity contribution in [3.63, 3.8) is 0 Å². The van der Waals surface area contributed by atoms with Gasteiger partial charge in [-0.1, -0.05) is 6.92 Å². The monoisotopic (exact) mass is 266 g/mol. The summed E-state index contributed by atoms with van der Waals surface area (Å²) in [6.45, 7) is 2.35. The number of nitrogens with zero attached hydrogens (tertiary/aromatic N) is 2. The fourth-order valence-electron chi connectivity index (χ4n) is 1.59. The molecule has 0 bridgehead atoms. The van der Waals surface area contributed by atoms with Crippen molar-refractivity contribution in [2.75, 3.05) is 30.0 Å². The van der Waals surface area contributed by atoms with Crippen LogP contribution in [0.5, 0.6) is 0 Å². The van der Waals surface area contributed by atoms with Crippen molar-refractivity contribution >= 4 is 15.5 Å². The van der Waals surface area contributed by atoms with Crippen LogP contribution in [0.15, 0.2) is 24.3 Å². The lowest BCUT2D eigenvalue weighted by Crippen LogP contribution is -2.21. The molecule has 1 rings (SSSR count). The third kappa shape index (κ3) is 4.38. The van der Waals surface area contributed by atoms with Gasteiger partial charge < -0.3 is 4.90 Å². The minimum Gasteiger partial charge on any atom is -0.375 e. The average molecular weight is 266 g/mol. The summed E-state index contributed by atoms with van der Waals surface area (Å²) in [7, 11) is -0.961. The van der Waals surface area contributed by atoms with E-state index in [1.165, 1.54) is 0 Å². The van der Waals surface area contributed by atoms with Crippen LogP contribution >= 0.6 is 0 Å². The first-order chi connectivity index (χ1) is 8.48. The van der Waals surface area contributed by atoms with Crippen LogP contribution in [-0.2, 0) is 9.84 Å². The van der Waals surface area contributed by atoms with Gasteiger partial charge in [0, 0.05) is 25.0 Å². The normalized spacial score (nSPS) is 10.9. The van der Waals surface area contributed by atoms with Gasteiger partial charge in [-0.3, -0.25) is 0 Å². The molecule has 1 aromatic rings. The highest BCUT2D eigenvalue weighted by molar-refractivity contribution is 7.91. The second-order valence-electron chi connectivity index (χ2n) is 4.17. The van der Waals surface area contributed by atoms with Gasteiger partial charge in [0.05, 0.1) is 17.4 Å². The van der Waals surface area contributed by atoms with Crippen LogP contribution in [0.3, 0.4) is 0 Å². The lowest BCUT2D eigenvalue weighted by atomic mass is 10.2. The number of hydrogen-bond donors (Lipinski definition) is 0. The molecular formula is C13H18N2O2S. The van der Waals surface area contributed by atoms with E-state index < -0.39 is 9.84 Å². The predicted octanol–water partition coefficient (Wildman–Crippen LogP) is 1.82. The van der Waals surface area contributed by atoms with Crippen molar-refractivity contribution in [3.05, 3.63) is 29.8 Å². The minimum atomic E-state index is -2.88. The fourth-order valence-corrected chi connectivity index (χ4v) is 2.44. The van der Waals surface area contributed by atoms with Crippen molar-refractivity contribution in [2.45, 2.75) is 13.3 Å². The van der Waals surface area contributed by atoms with Crippen LogP contribution in [0.4, 0.5) is 5.69 Å². The van der Waals surface area contributed by atoms with E-state index >= 15 is 0 Å². The van der Waals surface area contributed by atoms with Gasteiger partial charge in [-0.15, -0.1) is 0 Å². The number of sulfone groups is 1. The Morgan fingerprint density at radius 1 is 1.28 bits per heavy atom. The molecule has 0 spiro atoms. The molecule has 0 aliphatic rings. The molecule has 5 heteroatoms. The summed E-state index contributed by atoms with van der Waals surface area (Å²) in [6, 6.07) is 9.32. The Morgan fingerprint density at radius 3 is 2.39 bits per heavy atom. The Hall–Kier alpha value is -1.54. The van der Waals surface area contributed by atoms with Gasteiger partial charge >= 0.3 is 0 Å². The van der Waals surface area contributed by atoms with Crippen LogP contribution in [0.25, 0.3) is 0 Å². The van der Waals surface area contributed by atoms with E-state index in [1.54, 1.807) is 19.1 Å². The Bertz CT molecular complexity index is 515. The largest absolute Gasteiger partial charge is 0.375 e. The van der Waals surface area contributed by atoms with Crippen LogP contribution in [0.2, 0.25) is 0 Å². The van der Waals surface area contributed by atoms with E-state index in [2.05, 4.69) is 6.07 Å². The standard InChI is InChI=1S/C13H18N2O2S/c1-3-18(16,17)10-4-9-15(2)13-7-5-12(11-14)6-8-13/h5-8H,3-4,9-10H2,1-2H3. The topological polar surface area (TPSA) is 61.2 Å². The molecule has 0 saturated heterocycles. The smallest absolute Gasteiger partial charge is 0.150 e. The number of anilines is 1. The maximum absolute atomic E-state index is 11.3. The highest BCUT2D eigenvalue weighted by Gasteiger charge is 2.08. The second-order valence-corrected chi connectivity index (χ2v) is 6.64. The molecule has 0 heterocycles. The summed E-state index contributed by atoms with van der Waals surface area (Å²) in [4.78, 5) is 1.99. The summed E-state index contributed by atoms with van der Waals surface area (Å²) in [5, 5.41) is 8.69. The van der Waals surface area contributed by atoms with Crippen molar-refractivity contribution in [1.82, 2.24) is 0 Å². The zero-order valence-corrected chi connectivity index (χ0v) is 11.6. The SMILES string of the molecule is CCS(=O)(=O)CCCN(C)c1ccc(C#N)cc1. The zero-order chi connectivity index (χ0) is 13.6. The van der Waals surface area contributed by atoms with Crippen LogP contribution < -0.4 is 4.90 Å². The highest BCUT2D eigenvalue weighted by atomic mass is 32.2. The highest BCUT2D eigenvalue weighted by Crippen LogP contribution is 2.13. The first-order valence-electron chi connectivity index (χ1n) is 5.90. The van der Waals surface area contributed by atoms with Gasteiger partial charge in [0.2, 0.25) is 0 Å². The molecule has 0 aliphatic heterocycles. The summed E-state index contributed by atoms with van der Waals surface area (Å²) in [5.74, 6) is 0.428. The van der Waals surface area contributed by atoms with Gasteiger partial charge in [0.25, 0.3) is 0 Å². The molecule has 18 heavy (non-hydrogen) atoms. The quantitative estimate of drug-likeness (QED) is 0.788. The zero-order valence-electron chi connectivity index (χ0n) is 10.8. The molecule has 0 radical (unpaired) electrons. The maximum Gasteiger partial charge on any atom is 0.150 e. The number of nitriles is 1. The van der Waals surface area contributed by atoms with Gasteiger partial charge in [-0.25, -0.2) is 8.42 Å². The van der Waals surface area contributed by atoms with Crippen LogP contribution in [0, 0.1) is 11.3 Å². The first kappa shape index (κ1) is 14.5. The average Bonchev–Trinajstić information content (AvgIpc) is 2.38. The molecule has 0 saturated carbocycles. The summed E-state index contributed by atoms with van der Waals surface area (Å²) < 4.78 is 22.7. The summed E-state index contributed by atoms with van der Waals surface area (Å²) in [6.07, 6.45) is 0.618. The molecule has 1 aromatic carbocycles. The molecule has 4 nitrogen and oxygen atoms in total. The number of hydrogen-bond acceptors (Lipinski definition) is 4. The predicted molar refractivity (Wildman–Crippen MR) is 73.4 cm³/mol. The van der Waals surface area contributed by atoms with Crippen molar-refractivity contribution < 1.29 is 8.42 Å². The Kier molecular flexibility index (Phi) is 5.17. The number of benzene rings is 1. The van der Waals surface area contributed by atoms with Gasteiger partial charge in [-0.05, 0) is 30.7 Å². The molecule has 0 amide bonds. The van der Waals surface area contributed by atoms with Crippen molar-refractivity contribution in [2.24, 2.45) is 0 Å². The first-order valence-corrected chi connectivity index (χ1v) is 7.72. The molecule has 0 atom stereocenters. The van der Waals surface area contributed by atoms with Gasteiger partial charge in [0.1, 0.15) is 9.84 Å². The Morgan fingerprint density at radius 2 is 1.89 bits per heavy atom. The summed E-state index contributed by atoms with van der Waals surface area (Å²) >= 11 is 0. The Labute approximate surface area is 109 Å². The van der Waals surface area contributed by atoms with E-state index in [4.69, 9.17) is 5.26 Å². The molecular weight excluding hydrogens is 248 g/mol. The lowest BCUT2D eigenvalue weighted by Gasteiger charge is -2.19. The van der Waals surface area contributed by atoms with E-state index in [9.17, 15) is 8.42 Å². The van der Waals surface area contributed by atoms with E-state index in [0.717, 1.165) is 5.69 Å². The van der Waals surface area contributed by atoms with Crippen molar-refractivity contribution in [1.29, 1.82) is 5.26 Å². The number of rotatable bonds is 6. The minimum absolute atomic E-state index is 0.202. The van der Waals surface area contributed by atoms with Gasteiger partial charge in [-0.2, -0.15) is 5.26 Å². The molecule has 0 N–H and O–H groups in total. The van der Waals surface area contributed by atoms with Crippen LogP contribution in [0.1, 0.15) is 18.9 Å². The maximum atomic E-state index is 11.3. The fraction of sp³-hybridized carbons (Fsp3) is 0.462. The molecule has 0 aromatic heterocycles. The lowest BCUT2D eigenvalue weighted by molar-refractivity contribution is 0.594. The van der Waals surface area contributed by atoms with Gasteiger partial charge in [0.15, 0.2) is 0 Å². The van der Waals surface area contributed by atoms with Crippen LogP contribution in [-0.4, -0.2) is 33.5 Å². The third-order valence-electron chi connectivity index (χ3n) is 2.83. The van der Waals surface area contributed by atoms with E-state index in [1.807, 2.05) is 24.1 Å². The summed E-state index contributed by atoms with van der Waals surface area (Å²) in [5.41, 5.74) is 1.61. The van der Waals surface area contributed by atoms with E-state index in [0.29, 0.717) is 18.5 Å². The Balaban J connectivity index is 2.50. The molecule has 0 fully saturated rings. The van der Waals surface area contributed by atoms with Crippen molar-refractivity contribution in [3.8, 4) is 6.07 Å². The molecule has 0 aliphatic carbocycles. The van der Waals surface area contributed by atoms with E-state index in [-0.39, 0.29) is 11.5 Å². The molecule has 98 valence electrons.